The summed E-state index contributed by atoms with van der Waals surface area (Å²) >= 11 is 0. The van der Waals surface area contributed by atoms with Gasteiger partial charge in [-0.1, -0.05) is 6.07 Å². The van der Waals surface area contributed by atoms with Gasteiger partial charge in [0.05, 0.1) is 12.7 Å². The summed E-state index contributed by atoms with van der Waals surface area (Å²) in [7, 11) is 1.67. The van der Waals surface area contributed by atoms with Crippen LogP contribution < -0.4 is 4.74 Å². The van der Waals surface area contributed by atoms with Gasteiger partial charge in [-0.25, -0.2) is 0 Å². The van der Waals surface area contributed by atoms with E-state index in [2.05, 4.69) is 11.1 Å². The third-order valence-corrected chi connectivity index (χ3v) is 3.62. The molecule has 0 spiro atoms. The van der Waals surface area contributed by atoms with E-state index in [0.717, 1.165) is 18.7 Å². The van der Waals surface area contributed by atoms with Crippen molar-refractivity contribution in [1.82, 2.24) is 9.88 Å². The van der Waals surface area contributed by atoms with Gasteiger partial charge in [0.2, 0.25) is 0 Å². The van der Waals surface area contributed by atoms with Gasteiger partial charge in [0.1, 0.15) is 5.75 Å². The Bertz CT molecular complexity index is 626. The van der Waals surface area contributed by atoms with E-state index < -0.39 is 0 Å². The number of benzene rings is 1. The molecule has 4 heteroatoms. The number of fused-ring (bicyclic) bond motifs is 1. The Morgan fingerprint density at radius 1 is 1.30 bits per heavy atom. The molecule has 20 heavy (non-hydrogen) atoms. The topological polar surface area (TPSA) is 42.4 Å². The molecule has 4 nitrogen and oxygen atoms in total. The molecule has 102 valence electrons. The lowest BCUT2D eigenvalue weighted by atomic mass is 9.99. The number of methoxy groups -OCH3 is 1. The molecule has 0 fully saturated rings. The van der Waals surface area contributed by atoms with Crippen molar-refractivity contribution in [2.45, 2.75) is 13.0 Å². The van der Waals surface area contributed by atoms with Crippen LogP contribution in [0.1, 0.15) is 21.5 Å². The number of rotatable bonds is 2. The maximum absolute atomic E-state index is 12.4. The molecule has 2 aromatic rings. The number of carbonyl (C=O) groups excluding carboxylic acids is 1. The summed E-state index contributed by atoms with van der Waals surface area (Å²) in [5.74, 6) is 0.912. The van der Waals surface area contributed by atoms with Crippen LogP contribution in [0.25, 0.3) is 0 Å². The molecule has 0 saturated carbocycles. The van der Waals surface area contributed by atoms with Gasteiger partial charge in [-0.2, -0.15) is 0 Å². The number of hydrogen-bond donors (Lipinski definition) is 0. The largest absolute Gasteiger partial charge is 0.497 e. The van der Waals surface area contributed by atoms with Gasteiger partial charge in [0.25, 0.3) is 5.91 Å². The van der Waals surface area contributed by atoms with Gasteiger partial charge in [-0.15, -0.1) is 0 Å². The molecule has 0 N–H and O–H groups in total. The molecule has 2 heterocycles. The van der Waals surface area contributed by atoms with Crippen molar-refractivity contribution < 1.29 is 9.53 Å². The zero-order valence-corrected chi connectivity index (χ0v) is 11.4. The van der Waals surface area contributed by atoms with Crippen molar-refractivity contribution in [1.29, 1.82) is 0 Å². The molecule has 0 saturated heterocycles. The quantitative estimate of drug-likeness (QED) is 0.839. The minimum absolute atomic E-state index is 0.0413. The SMILES string of the molecule is COc1ccc2c(c1)CCN(C(=O)c1cccnc1)C2. The second-order valence-electron chi connectivity index (χ2n) is 4.85. The van der Waals surface area contributed by atoms with Crippen LogP contribution in [0, 0.1) is 0 Å². The van der Waals surface area contributed by atoms with Crippen LogP contribution >= 0.6 is 0 Å². The molecule has 3 rings (SSSR count). The Morgan fingerprint density at radius 3 is 2.95 bits per heavy atom. The minimum Gasteiger partial charge on any atom is -0.497 e. The van der Waals surface area contributed by atoms with E-state index in [9.17, 15) is 4.79 Å². The first kappa shape index (κ1) is 12.7. The van der Waals surface area contributed by atoms with Crippen LogP contribution in [0.2, 0.25) is 0 Å². The van der Waals surface area contributed by atoms with E-state index in [4.69, 9.17) is 4.74 Å². The Labute approximate surface area is 118 Å². The summed E-state index contributed by atoms with van der Waals surface area (Å²) in [5, 5.41) is 0. The molecule has 0 radical (unpaired) electrons. The second kappa shape index (κ2) is 5.33. The molecule has 0 aliphatic carbocycles. The summed E-state index contributed by atoms with van der Waals surface area (Å²) in [6, 6.07) is 9.63. The fraction of sp³-hybridized carbons (Fsp3) is 0.250. The van der Waals surface area contributed by atoms with Crippen molar-refractivity contribution in [3.63, 3.8) is 0 Å². The maximum atomic E-state index is 12.4. The standard InChI is InChI=1S/C16H16N2O2/c1-20-15-5-4-14-11-18(8-6-12(14)9-15)16(19)13-3-2-7-17-10-13/h2-5,7,9-10H,6,8,11H2,1H3. The zero-order valence-electron chi connectivity index (χ0n) is 11.4. The van der Waals surface area contributed by atoms with Gasteiger partial charge in [0.15, 0.2) is 0 Å². The monoisotopic (exact) mass is 268 g/mol. The average molecular weight is 268 g/mol. The summed E-state index contributed by atoms with van der Waals surface area (Å²) < 4.78 is 5.24. The fourth-order valence-corrected chi connectivity index (χ4v) is 2.50. The van der Waals surface area contributed by atoms with E-state index in [-0.39, 0.29) is 5.91 Å². The van der Waals surface area contributed by atoms with E-state index in [1.54, 1.807) is 31.6 Å². The Balaban J connectivity index is 1.80. The number of amides is 1. The maximum Gasteiger partial charge on any atom is 0.255 e. The van der Waals surface area contributed by atoms with Crippen molar-refractivity contribution in [2.75, 3.05) is 13.7 Å². The molecule has 0 atom stereocenters. The smallest absolute Gasteiger partial charge is 0.255 e. The van der Waals surface area contributed by atoms with Crippen LogP contribution in [-0.4, -0.2) is 29.4 Å². The van der Waals surface area contributed by atoms with Crippen LogP contribution in [-0.2, 0) is 13.0 Å². The fourth-order valence-electron chi connectivity index (χ4n) is 2.50. The molecular weight excluding hydrogens is 252 g/mol. The van der Waals surface area contributed by atoms with Gasteiger partial charge < -0.3 is 9.64 Å². The van der Waals surface area contributed by atoms with Crippen LogP contribution in [0.15, 0.2) is 42.7 Å². The Hall–Kier alpha value is -2.36. The van der Waals surface area contributed by atoms with Gasteiger partial charge in [0, 0.05) is 25.5 Å². The number of hydrogen-bond acceptors (Lipinski definition) is 3. The van der Waals surface area contributed by atoms with Crippen molar-refractivity contribution >= 4 is 5.91 Å². The second-order valence-corrected chi connectivity index (χ2v) is 4.85. The first-order chi connectivity index (χ1) is 9.78. The predicted molar refractivity (Wildman–Crippen MR) is 75.7 cm³/mol. The number of pyridine rings is 1. The number of nitrogens with zero attached hydrogens (tertiary/aromatic N) is 2. The lowest BCUT2D eigenvalue weighted by Gasteiger charge is -2.29. The van der Waals surface area contributed by atoms with Crippen molar-refractivity contribution in [2.24, 2.45) is 0 Å². The van der Waals surface area contributed by atoms with Crippen LogP contribution in [0.5, 0.6) is 5.75 Å². The highest BCUT2D eigenvalue weighted by atomic mass is 16.5. The number of carbonyl (C=O) groups is 1. The average Bonchev–Trinajstić information content (AvgIpc) is 2.54. The number of ether oxygens (including phenoxy) is 1. The highest BCUT2D eigenvalue weighted by molar-refractivity contribution is 5.94. The van der Waals surface area contributed by atoms with Crippen molar-refractivity contribution in [3.8, 4) is 5.75 Å². The molecule has 0 bridgehead atoms. The van der Waals surface area contributed by atoms with Gasteiger partial charge in [-0.3, -0.25) is 9.78 Å². The summed E-state index contributed by atoms with van der Waals surface area (Å²) in [4.78, 5) is 18.3. The number of aromatic nitrogens is 1. The summed E-state index contributed by atoms with van der Waals surface area (Å²) in [6.07, 6.45) is 4.15. The summed E-state index contributed by atoms with van der Waals surface area (Å²) in [6.45, 7) is 1.38. The molecular formula is C16H16N2O2. The van der Waals surface area contributed by atoms with E-state index in [0.29, 0.717) is 12.1 Å². The molecule has 1 aromatic heterocycles. The molecule has 1 aliphatic rings. The molecule has 1 amide bonds. The van der Waals surface area contributed by atoms with E-state index in [1.807, 2.05) is 17.0 Å². The lowest BCUT2D eigenvalue weighted by molar-refractivity contribution is 0.0734. The predicted octanol–water partition coefficient (Wildman–Crippen LogP) is 2.29. The third-order valence-electron chi connectivity index (χ3n) is 3.62. The Kier molecular flexibility index (Phi) is 3.37. The highest BCUT2D eigenvalue weighted by Gasteiger charge is 2.22. The minimum atomic E-state index is 0.0413. The van der Waals surface area contributed by atoms with Crippen LogP contribution in [0.3, 0.4) is 0 Å². The zero-order chi connectivity index (χ0) is 13.9. The lowest BCUT2D eigenvalue weighted by Crippen LogP contribution is -2.36. The normalized spacial score (nSPS) is 13.8. The third kappa shape index (κ3) is 2.37. The van der Waals surface area contributed by atoms with E-state index in [1.165, 1.54) is 11.1 Å². The first-order valence-electron chi connectivity index (χ1n) is 6.63. The molecule has 0 unspecified atom stereocenters. The molecule has 1 aromatic carbocycles. The first-order valence-corrected chi connectivity index (χ1v) is 6.63. The summed E-state index contributed by atoms with van der Waals surface area (Å²) in [5.41, 5.74) is 3.10. The molecule has 1 aliphatic heterocycles. The van der Waals surface area contributed by atoms with E-state index >= 15 is 0 Å². The van der Waals surface area contributed by atoms with Gasteiger partial charge in [-0.05, 0) is 41.8 Å². The van der Waals surface area contributed by atoms with Crippen molar-refractivity contribution in [3.05, 3.63) is 59.4 Å². The van der Waals surface area contributed by atoms with Gasteiger partial charge >= 0.3 is 0 Å². The Morgan fingerprint density at radius 2 is 2.20 bits per heavy atom. The van der Waals surface area contributed by atoms with Crippen LogP contribution in [0.4, 0.5) is 0 Å². The highest BCUT2D eigenvalue weighted by Crippen LogP contribution is 2.24.